The smallest absolute Gasteiger partial charge is 0.143 e. The fourth-order valence-corrected chi connectivity index (χ4v) is 2.04. The summed E-state index contributed by atoms with van der Waals surface area (Å²) < 4.78 is 5.20. The van der Waals surface area contributed by atoms with Crippen LogP contribution in [0, 0.1) is 0 Å². The van der Waals surface area contributed by atoms with Crippen LogP contribution in [0.2, 0.25) is 0 Å². The molecule has 0 bridgehead atoms. The number of methoxy groups -OCH3 is 1. The van der Waals surface area contributed by atoms with Gasteiger partial charge in [0.15, 0.2) is 0 Å². The van der Waals surface area contributed by atoms with Crippen molar-refractivity contribution in [1.29, 1.82) is 0 Å². The van der Waals surface area contributed by atoms with Gasteiger partial charge in [-0.25, -0.2) is 0 Å². The second kappa shape index (κ2) is 6.69. The zero-order valence-electron chi connectivity index (χ0n) is 11.2. The molecule has 0 aliphatic heterocycles. The van der Waals surface area contributed by atoms with E-state index in [1.54, 1.807) is 7.11 Å². The number of nitrogens with two attached hydrogens (primary N) is 1. The topological polar surface area (TPSA) is 47.3 Å². The number of anilines is 2. The highest BCUT2D eigenvalue weighted by Crippen LogP contribution is 2.28. The molecule has 3 heteroatoms. The summed E-state index contributed by atoms with van der Waals surface area (Å²) in [6, 6.07) is 16.3. The van der Waals surface area contributed by atoms with Crippen LogP contribution in [-0.4, -0.2) is 13.7 Å². The number of benzene rings is 2. The average Bonchev–Trinajstić information content (AvgIpc) is 2.46. The number of ether oxygens (including phenoxy) is 1. The maximum absolute atomic E-state index is 6.00. The number of rotatable bonds is 6. The molecular weight excluding hydrogens is 236 g/mol. The average molecular weight is 256 g/mol. The molecule has 2 rings (SSSR count). The highest BCUT2D eigenvalue weighted by atomic mass is 16.5. The first-order valence-electron chi connectivity index (χ1n) is 6.51. The molecule has 0 aromatic heterocycles. The molecule has 19 heavy (non-hydrogen) atoms. The van der Waals surface area contributed by atoms with Crippen LogP contribution in [0.1, 0.15) is 12.0 Å². The quantitative estimate of drug-likeness (QED) is 0.615. The highest BCUT2D eigenvalue weighted by Gasteiger charge is 2.03. The van der Waals surface area contributed by atoms with Crippen molar-refractivity contribution in [2.45, 2.75) is 12.8 Å². The normalized spacial score (nSPS) is 10.2. The Morgan fingerprint density at radius 3 is 2.58 bits per heavy atom. The summed E-state index contributed by atoms with van der Waals surface area (Å²) in [6.07, 6.45) is 2.14. The summed E-state index contributed by atoms with van der Waals surface area (Å²) in [5.74, 6) is 0.716. The van der Waals surface area contributed by atoms with Gasteiger partial charge in [-0.15, -0.1) is 0 Å². The Hall–Kier alpha value is -2.16. The van der Waals surface area contributed by atoms with Gasteiger partial charge in [-0.3, -0.25) is 0 Å². The van der Waals surface area contributed by atoms with Gasteiger partial charge in [0.1, 0.15) is 5.75 Å². The predicted octanol–water partition coefficient (Wildman–Crippen LogP) is 3.32. The third-order valence-corrected chi connectivity index (χ3v) is 3.09. The van der Waals surface area contributed by atoms with E-state index in [9.17, 15) is 0 Å². The van der Waals surface area contributed by atoms with Gasteiger partial charge >= 0.3 is 0 Å². The number of aryl methyl sites for hydroxylation is 1. The van der Waals surface area contributed by atoms with Crippen molar-refractivity contribution in [2.24, 2.45) is 0 Å². The summed E-state index contributed by atoms with van der Waals surface area (Å²) in [5, 5.41) is 3.35. The molecule has 2 aromatic carbocycles. The second-order valence-corrected chi connectivity index (χ2v) is 4.44. The van der Waals surface area contributed by atoms with Gasteiger partial charge in [0, 0.05) is 6.54 Å². The summed E-state index contributed by atoms with van der Waals surface area (Å²) in [6.45, 7) is 0.895. The van der Waals surface area contributed by atoms with E-state index in [-0.39, 0.29) is 0 Å². The zero-order chi connectivity index (χ0) is 13.5. The summed E-state index contributed by atoms with van der Waals surface area (Å²) in [4.78, 5) is 0. The second-order valence-electron chi connectivity index (χ2n) is 4.44. The third kappa shape index (κ3) is 3.65. The molecular formula is C16H20N2O. The molecule has 0 heterocycles. The van der Waals surface area contributed by atoms with Crippen molar-refractivity contribution in [3.63, 3.8) is 0 Å². The van der Waals surface area contributed by atoms with Crippen LogP contribution in [0.5, 0.6) is 5.75 Å². The lowest BCUT2D eigenvalue weighted by molar-refractivity contribution is 0.417. The Kier molecular flexibility index (Phi) is 4.67. The Labute approximate surface area is 114 Å². The van der Waals surface area contributed by atoms with Crippen LogP contribution in [-0.2, 0) is 6.42 Å². The van der Waals surface area contributed by atoms with Gasteiger partial charge in [-0.05, 0) is 30.5 Å². The maximum Gasteiger partial charge on any atom is 0.143 e. The number of hydrogen-bond donors (Lipinski definition) is 2. The maximum atomic E-state index is 6.00. The minimum Gasteiger partial charge on any atom is -0.495 e. The largest absolute Gasteiger partial charge is 0.495 e. The van der Waals surface area contributed by atoms with Crippen LogP contribution in [0.4, 0.5) is 11.4 Å². The van der Waals surface area contributed by atoms with Crippen LogP contribution in [0.25, 0.3) is 0 Å². The van der Waals surface area contributed by atoms with Crippen molar-refractivity contribution >= 4 is 11.4 Å². The molecule has 0 aliphatic rings. The van der Waals surface area contributed by atoms with E-state index in [0.717, 1.165) is 25.1 Å². The molecule has 0 fully saturated rings. The van der Waals surface area contributed by atoms with Gasteiger partial charge in [-0.1, -0.05) is 36.4 Å². The van der Waals surface area contributed by atoms with E-state index in [4.69, 9.17) is 10.5 Å². The molecule has 0 spiro atoms. The van der Waals surface area contributed by atoms with Crippen LogP contribution in [0.15, 0.2) is 48.5 Å². The Balaban J connectivity index is 1.83. The lowest BCUT2D eigenvalue weighted by Crippen LogP contribution is -2.06. The molecule has 0 atom stereocenters. The van der Waals surface area contributed by atoms with E-state index >= 15 is 0 Å². The minimum absolute atomic E-state index is 0.671. The molecule has 0 amide bonds. The van der Waals surface area contributed by atoms with Crippen LogP contribution in [0.3, 0.4) is 0 Å². The number of para-hydroxylation sites is 1. The number of hydrogen-bond acceptors (Lipinski definition) is 3. The molecule has 0 saturated carbocycles. The third-order valence-electron chi connectivity index (χ3n) is 3.09. The van der Waals surface area contributed by atoms with E-state index in [1.165, 1.54) is 5.56 Å². The van der Waals surface area contributed by atoms with Gasteiger partial charge in [0.05, 0.1) is 18.5 Å². The van der Waals surface area contributed by atoms with Crippen molar-refractivity contribution in [3.05, 3.63) is 54.1 Å². The SMILES string of the molecule is COc1cccc(NCCCc2ccccc2)c1N. The highest BCUT2D eigenvalue weighted by molar-refractivity contribution is 5.72. The first-order chi connectivity index (χ1) is 9.31. The molecule has 100 valence electrons. The molecule has 2 aromatic rings. The van der Waals surface area contributed by atoms with Crippen LogP contribution < -0.4 is 15.8 Å². The molecule has 0 aliphatic carbocycles. The van der Waals surface area contributed by atoms with Crippen molar-refractivity contribution in [2.75, 3.05) is 24.7 Å². The molecule has 0 saturated heterocycles. The fourth-order valence-electron chi connectivity index (χ4n) is 2.04. The van der Waals surface area contributed by atoms with E-state index in [2.05, 4.69) is 29.6 Å². The lowest BCUT2D eigenvalue weighted by Gasteiger charge is -2.12. The van der Waals surface area contributed by atoms with E-state index in [0.29, 0.717) is 11.4 Å². The van der Waals surface area contributed by atoms with E-state index in [1.807, 2.05) is 24.3 Å². The van der Waals surface area contributed by atoms with Crippen LogP contribution >= 0.6 is 0 Å². The molecule has 0 unspecified atom stereocenters. The van der Waals surface area contributed by atoms with Gasteiger partial charge in [-0.2, -0.15) is 0 Å². The van der Waals surface area contributed by atoms with Crippen molar-refractivity contribution in [1.82, 2.24) is 0 Å². The van der Waals surface area contributed by atoms with Crippen molar-refractivity contribution in [3.8, 4) is 5.75 Å². The summed E-state index contributed by atoms with van der Waals surface area (Å²) in [5.41, 5.74) is 8.97. The summed E-state index contributed by atoms with van der Waals surface area (Å²) in [7, 11) is 1.63. The first-order valence-corrected chi connectivity index (χ1v) is 6.51. The monoisotopic (exact) mass is 256 g/mol. The minimum atomic E-state index is 0.671. The number of nitrogens with one attached hydrogen (secondary N) is 1. The van der Waals surface area contributed by atoms with E-state index < -0.39 is 0 Å². The predicted molar refractivity (Wildman–Crippen MR) is 80.7 cm³/mol. The molecule has 0 radical (unpaired) electrons. The molecule has 3 nitrogen and oxygen atoms in total. The van der Waals surface area contributed by atoms with Crippen molar-refractivity contribution < 1.29 is 4.74 Å². The lowest BCUT2D eigenvalue weighted by atomic mass is 10.1. The standard InChI is InChI=1S/C16H20N2O/c1-19-15-11-5-10-14(16(15)17)18-12-6-9-13-7-3-2-4-8-13/h2-5,7-8,10-11,18H,6,9,12,17H2,1H3. The fraction of sp³-hybridized carbons (Fsp3) is 0.250. The zero-order valence-corrected chi connectivity index (χ0v) is 11.2. The van der Waals surface area contributed by atoms with Gasteiger partial charge in [0.25, 0.3) is 0 Å². The number of nitrogen functional groups attached to an aromatic ring is 1. The Morgan fingerprint density at radius 2 is 1.84 bits per heavy atom. The van der Waals surface area contributed by atoms with Gasteiger partial charge in [0.2, 0.25) is 0 Å². The first kappa shape index (κ1) is 13.3. The Bertz CT molecular complexity index is 511. The van der Waals surface area contributed by atoms with Gasteiger partial charge < -0.3 is 15.8 Å². The summed E-state index contributed by atoms with van der Waals surface area (Å²) >= 11 is 0. The Morgan fingerprint density at radius 1 is 1.05 bits per heavy atom. The molecule has 3 N–H and O–H groups in total.